The summed E-state index contributed by atoms with van der Waals surface area (Å²) in [6, 6.07) is 1.10. The fraction of sp³-hybridized carbons (Fsp3) is 0.308. The van der Waals surface area contributed by atoms with Crippen LogP contribution >= 0.6 is 11.3 Å². The molecule has 0 saturated heterocycles. The van der Waals surface area contributed by atoms with E-state index in [1.807, 2.05) is 6.92 Å². The highest BCUT2D eigenvalue weighted by Crippen LogP contribution is 2.33. The van der Waals surface area contributed by atoms with Gasteiger partial charge in [0.15, 0.2) is 5.69 Å². The fourth-order valence-corrected chi connectivity index (χ4v) is 2.66. The molecule has 5 nitrogen and oxygen atoms in total. The van der Waals surface area contributed by atoms with Crippen molar-refractivity contribution < 1.29 is 18.0 Å². The Balaban J connectivity index is 2.24. The standard InChI is InChI=1S/C13H14BF3N4OS/c1-2-3-18-12(22)21-10-4-7(8(14)5-19-10)11-20-9(6-23-11)13(15,16)17/h4-6H,2-3,14H2,1H3,(H2,18,19,21,22). The maximum absolute atomic E-state index is 12.7. The van der Waals surface area contributed by atoms with Gasteiger partial charge in [-0.15, -0.1) is 11.3 Å². The van der Waals surface area contributed by atoms with Crippen LogP contribution in [-0.2, 0) is 6.18 Å². The number of carbonyl (C=O) groups is 1. The third-order valence-electron chi connectivity index (χ3n) is 2.91. The SMILES string of the molecule is Bc1cnc(NC(=O)NCCC)cc1-c1nc(C(F)(F)F)cs1. The molecule has 0 aromatic carbocycles. The number of amides is 2. The summed E-state index contributed by atoms with van der Waals surface area (Å²) in [6.07, 6.45) is -2.20. The number of nitrogens with one attached hydrogen (secondary N) is 2. The van der Waals surface area contributed by atoms with Gasteiger partial charge in [-0.1, -0.05) is 12.4 Å². The summed E-state index contributed by atoms with van der Waals surface area (Å²) < 4.78 is 38.0. The smallest absolute Gasteiger partial charge is 0.338 e. The van der Waals surface area contributed by atoms with Crippen LogP contribution in [0.25, 0.3) is 10.6 Å². The van der Waals surface area contributed by atoms with Crippen molar-refractivity contribution in [3.8, 4) is 10.6 Å². The minimum absolute atomic E-state index is 0.231. The molecule has 0 aliphatic carbocycles. The average Bonchev–Trinajstić information content (AvgIpc) is 2.97. The number of urea groups is 1. The molecule has 2 aromatic heterocycles. The van der Waals surface area contributed by atoms with Crippen LogP contribution in [0.5, 0.6) is 0 Å². The number of halogens is 3. The number of alkyl halides is 3. The third kappa shape index (κ3) is 4.44. The first-order chi connectivity index (χ1) is 10.8. The number of hydrogen-bond donors (Lipinski definition) is 2. The summed E-state index contributed by atoms with van der Waals surface area (Å²) in [5, 5.41) is 6.37. The van der Waals surface area contributed by atoms with Gasteiger partial charge in [0, 0.05) is 23.7 Å². The Morgan fingerprint density at radius 2 is 2.17 bits per heavy atom. The van der Waals surface area contributed by atoms with Crippen molar-refractivity contribution in [2.45, 2.75) is 19.5 Å². The van der Waals surface area contributed by atoms with Crippen molar-refractivity contribution >= 4 is 36.5 Å². The van der Waals surface area contributed by atoms with Gasteiger partial charge in [-0.25, -0.2) is 14.8 Å². The van der Waals surface area contributed by atoms with Crippen molar-refractivity contribution in [1.82, 2.24) is 15.3 Å². The lowest BCUT2D eigenvalue weighted by Crippen LogP contribution is -2.29. The van der Waals surface area contributed by atoms with Crippen LogP contribution in [0, 0.1) is 0 Å². The normalized spacial score (nSPS) is 11.3. The van der Waals surface area contributed by atoms with E-state index >= 15 is 0 Å². The van der Waals surface area contributed by atoms with Gasteiger partial charge in [-0.3, -0.25) is 5.32 Å². The predicted molar refractivity (Wildman–Crippen MR) is 85.8 cm³/mol. The molecule has 0 aliphatic heterocycles. The fourth-order valence-electron chi connectivity index (χ4n) is 1.75. The molecule has 0 radical (unpaired) electrons. The van der Waals surface area contributed by atoms with Gasteiger partial charge in [0.2, 0.25) is 0 Å². The van der Waals surface area contributed by atoms with Crippen LogP contribution in [-0.4, -0.2) is 30.4 Å². The number of hydrogen-bond acceptors (Lipinski definition) is 4. The van der Waals surface area contributed by atoms with Gasteiger partial charge in [0.25, 0.3) is 0 Å². The van der Waals surface area contributed by atoms with E-state index in [4.69, 9.17) is 0 Å². The molecule has 2 aromatic rings. The highest BCUT2D eigenvalue weighted by molar-refractivity contribution is 7.13. The summed E-state index contributed by atoms with van der Waals surface area (Å²) in [6.45, 7) is 2.44. The Hall–Kier alpha value is -2.10. The first-order valence-corrected chi connectivity index (χ1v) is 7.73. The Morgan fingerprint density at radius 3 is 2.78 bits per heavy atom. The number of pyridine rings is 1. The van der Waals surface area contributed by atoms with Crippen molar-refractivity contribution in [1.29, 1.82) is 0 Å². The topological polar surface area (TPSA) is 66.9 Å². The first-order valence-electron chi connectivity index (χ1n) is 6.86. The number of thiazole rings is 1. The van der Waals surface area contributed by atoms with E-state index in [9.17, 15) is 18.0 Å². The number of aromatic nitrogens is 2. The summed E-state index contributed by atoms with van der Waals surface area (Å²) >= 11 is 0.898. The van der Waals surface area contributed by atoms with Gasteiger partial charge in [0.05, 0.1) is 0 Å². The molecular formula is C13H14BF3N4OS. The molecule has 2 amide bonds. The van der Waals surface area contributed by atoms with Gasteiger partial charge < -0.3 is 5.32 Å². The Bertz CT molecular complexity index is 705. The van der Waals surface area contributed by atoms with Crippen LogP contribution in [0.4, 0.5) is 23.8 Å². The zero-order valence-electron chi connectivity index (χ0n) is 12.5. The van der Waals surface area contributed by atoms with E-state index in [1.165, 1.54) is 12.3 Å². The van der Waals surface area contributed by atoms with Crippen LogP contribution in [0.2, 0.25) is 0 Å². The number of carbonyl (C=O) groups excluding carboxylic acids is 1. The zero-order chi connectivity index (χ0) is 17.0. The molecule has 122 valence electrons. The summed E-state index contributed by atoms with van der Waals surface area (Å²) in [7, 11) is 1.72. The molecule has 0 fully saturated rings. The molecule has 0 aliphatic rings. The van der Waals surface area contributed by atoms with Gasteiger partial charge in [0.1, 0.15) is 18.7 Å². The van der Waals surface area contributed by atoms with Crippen LogP contribution in [0.15, 0.2) is 17.6 Å². The Morgan fingerprint density at radius 1 is 1.43 bits per heavy atom. The van der Waals surface area contributed by atoms with Crippen molar-refractivity contribution in [3.05, 3.63) is 23.3 Å². The molecule has 2 N–H and O–H groups in total. The highest BCUT2D eigenvalue weighted by atomic mass is 32.1. The maximum atomic E-state index is 12.7. The summed E-state index contributed by atoms with van der Waals surface area (Å²) in [5.41, 5.74) is 0.253. The number of nitrogens with zero attached hydrogens (tertiary/aromatic N) is 2. The molecular weight excluding hydrogens is 328 g/mol. The molecule has 0 saturated carbocycles. The van der Waals surface area contributed by atoms with Gasteiger partial charge >= 0.3 is 12.2 Å². The lowest BCUT2D eigenvalue weighted by atomic mass is 9.93. The molecule has 23 heavy (non-hydrogen) atoms. The molecule has 0 unspecified atom stereocenters. The van der Waals surface area contributed by atoms with E-state index in [0.29, 0.717) is 17.6 Å². The highest BCUT2D eigenvalue weighted by Gasteiger charge is 2.33. The minimum atomic E-state index is -4.48. The lowest BCUT2D eigenvalue weighted by molar-refractivity contribution is -0.140. The Kier molecular flexibility index (Phi) is 5.25. The average molecular weight is 342 g/mol. The first kappa shape index (κ1) is 17.3. The van der Waals surface area contributed by atoms with Crippen LogP contribution < -0.4 is 16.1 Å². The van der Waals surface area contributed by atoms with E-state index in [-0.39, 0.29) is 10.8 Å². The zero-order valence-corrected chi connectivity index (χ0v) is 13.3. The maximum Gasteiger partial charge on any atom is 0.434 e. The molecule has 0 spiro atoms. The molecule has 0 bridgehead atoms. The van der Waals surface area contributed by atoms with Crippen molar-refractivity contribution in [2.24, 2.45) is 0 Å². The van der Waals surface area contributed by atoms with Crippen LogP contribution in [0.1, 0.15) is 19.0 Å². The van der Waals surface area contributed by atoms with E-state index < -0.39 is 17.9 Å². The van der Waals surface area contributed by atoms with E-state index in [2.05, 4.69) is 20.6 Å². The Labute approximate surface area is 135 Å². The van der Waals surface area contributed by atoms with Crippen LogP contribution in [0.3, 0.4) is 0 Å². The largest absolute Gasteiger partial charge is 0.434 e. The van der Waals surface area contributed by atoms with Crippen molar-refractivity contribution in [3.63, 3.8) is 0 Å². The van der Waals surface area contributed by atoms with E-state index in [0.717, 1.165) is 23.1 Å². The predicted octanol–water partition coefficient (Wildman–Crippen LogP) is 2.01. The lowest BCUT2D eigenvalue weighted by Gasteiger charge is -2.09. The van der Waals surface area contributed by atoms with Gasteiger partial charge in [-0.05, 0) is 12.5 Å². The minimum Gasteiger partial charge on any atom is -0.338 e. The number of rotatable bonds is 4. The second kappa shape index (κ2) is 6.99. The van der Waals surface area contributed by atoms with Crippen molar-refractivity contribution in [2.75, 3.05) is 11.9 Å². The summed E-state index contributed by atoms with van der Waals surface area (Å²) in [5.74, 6) is 0.253. The molecule has 2 rings (SSSR count). The monoisotopic (exact) mass is 342 g/mol. The third-order valence-corrected chi connectivity index (χ3v) is 3.78. The molecule has 0 atom stereocenters. The van der Waals surface area contributed by atoms with E-state index in [1.54, 1.807) is 7.85 Å². The second-order valence-electron chi connectivity index (χ2n) is 4.80. The quantitative estimate of drug-likeness (QED) is 0.836. The summed E-state index contributed by atoms with van der Waals surface area (Å²) in [4.78, 5) is 19.3. The molecule has 10 heteroatoms. The molecule has 2 heterocycles. The van der Waals surface area contributed by atoms with Gasteiger partial charge in [-0.2, -0.15) is 13.2 Å². The number of anilines is 1. The second-order valence-corrected chi connectivity index (χ2v) is 5.66.